The molecule has 0 spiro atoms. The van der Waals surface area contributed by atoms with Crippen molar-refractivity contribution in [2.45, 2.75) is 22.1 Å². The summed E-state index contributed by atoms with van der Waals surface area (Å²) in [7, 11) is -2.29. The number of benzene rings is 2. The summed E-state index contributed by atoms with van der Waals surface area (Å²) < 4.78 is 33.5. The summed E-state index contributed by atoms with van der Waals surface area (Å²) in [5, 5.41) is 10.2. The van der Waals surface area contributed by atoms with E-state index in [1.807, 2.05) is 0 Å². The van der Waals surface area contributed by atoms with Gasteiger partial charge in [-0.3, -0.25) is 0 Å². The molecule has 3 rings (SSSR count). The minimum Gasteiger partial charge on any atom is -0.504 e. The van der Waals surface area contributed by atoms with E-state index >= 15 is 0 Å². The molecule has 2 N–H and O–H groups in total. The van der Waals surface area contributed by atoms with Gasteiger partial charge in [0.1, 0.15) is 5.37 Å². The van der Waals surface area contributed by atoms with Crippen molar-refractivity contribution in [2.24, 2.45) is 0 Å². The topological polar surface area (TPSA) is 75.6 Å². The van der Waals surface area contributed by atoms with Crippen LogP contribution >= 0.6 is 39.3 Å². The van der Waals surface area contributed by atoms with Crippen LogP contribution in [0.4, 0.5) is 0 Å². The molecule has 9 heteroatoms. The van der Waals surface area contributed by atoms with Crippen LogP contribution in [0.15, 0.2) is 38.5 Å². The number of ether oxygens (including phenoxy) is 1. The van der Waals surface area contributed by atoms with Crippen molar-refractivity contribution in [3.05, 3.63) is 44.9 Å². The van der Waals surface area contributed by atoms with Crippen LogP contribution in [0.2, 0.25) is 5.02 Å². The van der Waals surface area contributed by atoms with Gasteiger partial charge in [0.05, 0.1) is 12.0 Å². The van der Waals surface area contributed by atoms with E-state index in [1.165, 1.54) is 18.9 Å². The molecule has 1 aliphatic rings. The number of halogens is 2. The van der Waals surface area contributed by atoms with E-state index in [0.717, 1.165) is 0 Å². The third kappa shape index (κ3) is 3.13. The third-order valence-electron chi connectivity index (χ3n) is 3.59. The number of thioether (sulfide) groups is 1. The number of aryl methyl sites for hydroxylation is 1. The molecule has 0 fully saturated rings. The average Bonchev–Trinajstić information content (AvgIpc) is 2.50. The number of sulfonamides is 1. The van der Waals surface area contributed by atoms with Crippen molar-refractivity contribution in [3.8, 4) is 11.5 Å². The molecule has 0 aliphatic carbocycles. The number of rotatable bonds is 2. The van der Waals surface area contributed by atoms with Gasteiger partial charge in [-0.15, -0.1) is 0 Å². The Balaban J connectivity index is 2.14. The highest BCUT2D eigenvalue weighted by molar-refractivity contribution is 9.10. The number of nitrogens with one attached hydrogen (secondary N) is 1. The average molecular weight is 451 g/mol. The van der Waals surface area contributed by atoms with Crippen molar-refractivity contribution in [2.75, 3.05) is 7.11 Å². The molecule has 5 nitrogen and oxygen atoms in total. The Kier molecular flexibility index (Phi) is 4.78. The van der Waals surface area contributed by atoms with Crippen LogP contribution in [0, 0.1) is 6.92 Å². The van der Waals surface area contributed by atoms with E-state index in [2.05, 4.69) is 20.7 Å². The monoisotopic (exact) mass is 449 g/mol. The van der Waals surface area contributed by atoms with Crippen LogP contribution in [0.3, 0.4) is 0 Å². The van der Waals surface area contributed by atoms with Crippen LogP contribution < -0.4 is 9.46 Å². The number of aromatic hydroxyl groups is 1. The van der Waals surface area contributed by atoms with Gasteiger partial charge in [-0.1, -0.05) is 39.3 Å². The molecule has 0 radical (unpaired) electrons. The lowest BCUT2D eigenvalue weighted by Gasteiger charge is -2.27. The van der Waals surface area contributed by atoms with Gasteiger partial charge in [0.15, 0.2) is 11.5 Å². The molecule has 128 valence electrons. The summed E-state index contributed by atoms with van der Waals surface area (Å²) in [5.74, 6) is 0.148. The first kappa shape index (κ1) is 17.9. The fourth-order valence-electron chi connectivity index (χ4n) is 2.37. The predicted molar refractivity (Wildman–Crippen MR) is 97.5 cm³/mol. The smallest absolute Gasteiger partial charge is 0.242 e. The van der Waals surface area contributed by atoms with E-state index in [-0.39, 0.29) is 16.4 Å². The molecule has 1 heterocycles. The molecule has 1 aliphatic heterocycles. The molecule has 0 aromatic heterocycles. The Morgan fingerprint density at radius 2 is 2.04 bits per heavy atom. The second kappa shape index (κ2) is 6.42. The molecule has 24 heavy (non-hydrogen) atoms. The first-order valence-electron chi connectivity index (χ1n) is 6.78. The maximum Gasteiger partial charge on any atom is 0.242 e. The zero-order valence-corrected chi connectivity index (χ0v) is 16.6. The van der Waals surface area contributed by atoms with E-state index in [4.69, 9.17) is 16.3 Å². The van der Waals surface area contributed by atoms with Crippen molar-refractivity contribution in [1.82, 2.24) is 4.72 Å². The quantitative estimate of drug-likeness (QED) is 0.717. The molecular weight excluding hydrogens is 438 g/mol. The minimum absolute atomic E-state index is 0.109. The lowest BCUT2D eigenvalue weighted by atomic mass is 10.2. The van der Waals surface area contributed by atoms with Crippen molar-refractivity contribution >= 4 is 49.3 Å². The highest BCUT2D eigenvalue weighted by Crippen LogP contribution is 2.48. The molecule has 0 amide bonds. The lowest BCUT2D eigenvalue weighted by Crippen LogP contribution is -2.31. The van der Waals surface area contributed by atoms with E-state index in [1.54, 1.807) is 31.2 Å². The largest absolute Gasteiger partial charge is 0.504 e. The third-order valence-corrected chi connectivity index (χ3v) is 7.40. The summed E-state index contributed by atoms with van der Waals surface area (Å²) >= 11 is 10.7. The van der Waals surface area contributed by atoms with E-state index in [0.29, 0.717) is 25.5 Å². The van der Waals surface area contributed by atoms with Crippen molar-refractivity contribution < 1.29 is 18.3 Å². The van der Waals surface area contributed by atoms with Gasteiger partial charge >= 0.3 is 0 Å². The highest BCUT2D eigenvalue weighted by atomic mass is 79.9. The standard InChI is InChI=1S/C15H13BrClNO4S2/c1-7-3-13-12(6-10(7)17)23-15(18-24(13,20)21)9-4-8(16)5-11(22-2)14(9)19/h3-6,15,18-19H,1-2H3. The molecular formula is C15H13BrClNO4S2. The summed E-state index contributed by atoms with van der Waals surface area (Å²) in [6.45, 7) is 1.75. The summed E-state index contributed by atoms with van der Waals surface area (Å²) in [6.07, 6.45) is 0. The lowest BCUT2D eigenvalue weighted by molar-refractivity contribution is 0.370. The van der Waals surface area contributed by atoms with Gasteiger partial charge < -0.3 is 9.84 Å². The van der Waals surface area contributed by atoms with Crippen LogP contribution in [0.25, 0.3) is 0 Å². The molecule has 2 aromatic rings. The minimum atomic E-state index is -3.72. The Morgan fingerprint density at radius 3 is 2.71 bits per heavy atom. The van der Waals surface area contributed by atoms with Crippen LogP contribution in [-0.2, 0) is 10.0 Å². The van der Waals surface area contributed by atoms with Gasteiger partial charge in [-0.05, 0) is 36.8 Å². The van der Waals surface area contributed by atoms with Gasteiger partial charge in [0.25, 0.3) is 0 Å². The van der Waals surface area contributed by atoms with Crippen LogP contribution in [-0.4, -0.2) is 20.6 Å². The Hall–Kier alpha value is -0.930. The van der Waals surface area contributed by atoms with Gasteiger partial charge in [0, 0.05) is 20.0 Å². The number of fused-ring (bicyclic) bond motifs is 1. The van der Waals surface area contributed by atoms with E-state index < -0.39 is 15.4 Å². The fourth-order valence-corrected chi connectivity index (χ4v) is 6.21. The second-order valence-corrected chi connectivity index (χ2v) is 9.37. The Labute approximate surface area is 157 Å². The molecule has 0 saturated carbocycles. The first-order chi connectivity index (χ1) is 11.2. The number of methoxy groups -OCH3 is 1. The van der Waals surface area contributed by atoms with Crippen molar-refractivity contribution in [3.63, 3.8) is 0 Å². The maximum absolute atomic E-state index is 12.6. The molecule has 2 aromatic carbocycles. The van der Waals surface area contributed by atoms with Gasteiger partial charge in [-0.2, -0.15) is 4.72 Å². The number of hydrogen-bond donors (Lipinski definition) is 2. The van der Waals surface area contributed by atoms with Gasteiger partial charge in [-0.25, -0.2) is 8.42 Å². The molecule has 0 bridgehead atoms. The predicted octanol–water partition coefficient (Wildman–Crippen LogP) is 4.21. The number of hydrogen-bond acceptors (Lipinski definition) is 5. The van der Waals surface area contributed by atoms with Crippen LogP contribution in [0.1, 0.15) is 16.5 Å². The first-order valence-corrected chi connectivity index (χ1v) is 10.3. The summed E-state index contributed by atoms with van der Waals surface area (Å²) in [5.41, 5.74) is 1.09. The zero-order valence-electron chi connectivity index (χ0n) is 12.6. The van der Waals surface area contributed by atoms with Crippen LogP contribution in [0.5, 0.6) is 11.5 Å². The Bertz CT molecular complexity index is 934. The highest BCUT2D eigenvalue weighted by Gasteiger charge is 2.34. The maximum atomic E-state index is 12.6. The molecule has 1 atom stereocenters. The van der Waals surface area contributed by atoms with Gasteiger partial charge in [0.2, 0.25) is 10.0 Å². The fraction of sp³-hybridized carbons (Fsp3) is 0.200. The zero-order chi connectivity index (χ0) is 17.6. The summed E-state index contributed by atoms with van der Waals surface area (Å²) in [6, 6.07) is 6.44. The SMILES string of the molecule is COc1cc(Br)cc(C2NS(=O)(=O)c3cc(C)c(Cl)cc3S2)c1O. The Morgan fingerprint density at radius 1 is 1.33 bits per heavy atom. The summed E-state index contributed by atoms with van der Waals surface area (Å²) in [4.78, 5) is 0.722. The van der Waals surface area contributed by atoms with Crippen molar-refractivity contribution in [1.29, 1.82) is 0 Å². The number of phenols is 1. The molecule has 0 saturated heterocycles. The normalized spacial score (nSPS) is 18.9. The molecule has 1 unspecified atom stereocenters. The second-order valence-electron chi connectivity index (χ2n) is 5.21. The number of phenolic OH excluding ortho intramolecular Hbond substituents is 1. The van der Waals surface area contributed by atoms with E-state index in [9.17, 15) is 13.5 Å².